The van der Waals surface area contributed by atoms with Gasteiger partial charge in [-0.2, -0.15) is 0 Å². The zero-order valence-corrected chi connectivity index (χ0v) is 25.2. The Balaban J connectivity index is 0.000000312. The Bertz CT molecular complexity index is 1290. The molecule has 1 fully saturated rings. The van der Waals surface area contributed by atoms with Crippen LogP contribution in [0.3, 0.4) is 0 Å². The third kappa shape index (κ3) is 7.52. The Kier molecular flexibility index (Phi) is 11.2. The quantitative estimate of drug-likeness (QED) is 0.216. The highest BCUT2D eigenvalue weighted by Crippen LogP contribution is 2.43. The Labute approximate surface area is 243 Å². The van der Waals surface area contributed by atoms with Gasteiger partial charge < -0.3 is 20.3 Å². The summed E-state index contributed by atoms with van der Waals surface area (Å²) >= 11 is 1.81. The molecule has 5 rings (SSSR count). The van der Waals surface area contributed by atoms with Crippen LogP contribution in [-0.4, -0.2) is 44.0 Å². The van der Waals surface area contributed by atoms with E-state index in [1.54, 1.807) is 30.6 Å². The Hall–Kier alpha value is -3.16. The molecular formula is C33H43FN4OS. The number of ether oxygens (including phenoxy) is 1. The van der Waals surface area contributed by atoms with E-state index in [1.165, 1.54) is 27.6 Å². The van der Waals surface area contributed by atoms with Crippen molar-refractivity contribution in [2.75, 3.05) is 38.6 Å². The molecule has 0 amide bonds. The molecule has 40 heavy (non-hydrogen) atoms. The number of aryl methyl sites for hydroxylation is 2. The molecule has 0 unspecified atom stereocenters. The highest BCUT2D eigenvalue weighted by Gasteiger charge is 2.28. The average Bonchev–Trinajstić information content (AvgIpc) is 3.25. The number of fused-ring (bicyclic) bond motifs is 2. The van der Waals surface area contributed by atoms with E-state index in [9.17, 15) is 4.39 Å². The monoisotopic (exact) mass is 562 g/mol. The predicted octanol–water partition coefficient (Wildman–Crippen LogP) is 8.04. The fraction of sp³-hybridized carbons (Fsp3) is 0.424. The molecule has 0 saturated carbocycles. The first-order chi connectivity index (χ1) is 19.6. The molecule has 1 saturated heterocycles. The first-order valence-corrected chi connectivity index (χ1v) is 15.4. The van der Waals surface area contributed by atoms with Crippen LogP contribution in [0.15, 0.2) is 59.6 Å². The normalized spacial score (nSPS) is 14.4. The molecule has 0 radical (unpaired) electrons. The van der Waals surface area contributed by atoms with E-state index in [2.05, 4.69) is 60.6 Å². The SMILES string of the molecule is CC/C=C\CCCc1c(CC)sc2c1C(N1CCNCC1)=Nc1ccc(F)cc1N2.CCc1cccc(OC)c1. The first-order valence-electron chi connectivity index (χ1n) is 14.6. The minimum Gasteiger partial charge on any atom is -0.497 e. The third-order valence-corrected chi connectivity index (χ3v) is 8.52. The summed E-state index contributed by atoms with van der Waals surface area (Å²) < 4.78 is 19.0. The number of allylic oxidation sites excluding steroid dienone is 2. The van der Waals surface area contributed by atoms with Gasteiger partial charge in [-0.1, -0.05) is 45.1 Å². The number of piperazine rings is 1. The van der Waals surface area contributed by atoms with E-state index in [4.69, 9.17) is 9.73 Å². The number of nitrogens with one attached hydrogen (secondary N) is 2. The zero-order valence-electron chi connectivity index (χ0n) is 24.4. The van der Waals surface area contributed by atoms with Gasteiger partial charge in [0.05, 0.1) is 24.0 Å². The molecule has 214 valence electrons. The van der Waals surface area contributed by atoms with Crippen LogP contribution >= 0.6 is 11.3 Å². The van der Waals surface area contributed by atoms with Crippen LogP contribution in [0.4, 0.5) is 20.8 Å². The summed E-state index contributed by atoms with van der Waals surface area (Å²) in [5.41, 5.74) is 5.53. The van der Waals surface area contributed by atoms with Crippen molar-refractivity contribution < 1.29 is 9.13 Å². The number of methoxy groups -OCH3 is 1. The molecule has 0 bridgehead atoms. The van der Waals surface area contributed by atoms with E-state index in [1.807, 2.05) is 12.1 Å². The first kappa shape index (κ1) is 29.8. The smallest absolute Gasteiger partial charge is 0.140 e. The van der Waals surface area contributed by atoms with Crippen molar-refractivity contribution in [3.63, 3.8) is 0 Å². The molecule has 2 aromatic carbocycles. The molecule has 0 atom stereocenters. The minimum absolute atomic E-state index is 0.237. The van der Waals surface area contributed by atoms with Gasteiger partial charge >= 0.3 is 0 Å². The maximum atomic E-state index is 14.0. The lowest BCUT2D eigenvalue weighted by molar-refractivity contribution is 0.358. The van der Waals surface area contributed by atoms with Gasteiger partial charge in [0.15, 0.2) is 0 Å². The number of benzene rings is 2. The fourth-order valence-electron chi connectivity index (χ4n) is 5.06. The van der Waals surface area contributed by atoms with E-state index < -0.39 is 0 Å². The van der Waals surface area contributed by atoms with Crippen LogP contribution in [0.2, 0.25) is 0 Å². The van der Waals surface area contributed by atoms with E-state index in [-0.39, 0.29) is 5.82 Å². The largest absolute Gasteiger partial charge is 0.497 e. The van der Waals surface area contributed by atoms with Crippen LogP contribution in [0.25, 0.3) is 0 Å². The number of hydrogen-bond donors (Lipinski definition) is 2. The molecule has 2 aliphatic heterocycles. The second kappa shape index (κ2) is 15.0. The summed E-state index contributed by atoms with van der Waals surface area (Å²) in [5, 5.41) is 8.07. The van der Waals surface area contributed by atoms with Gasteiger partial charge in [0.2, 0.25) is 0 Å². The summed E-state index contributed by atoms with van der Waals surface area (Å²) in [5.74, 6) is 1.75. The number of rotatable bonds is 8. The Morgan fingerprint density at radius 3 is 2.60 bits per heavy atom. The summed E-state index contributed by atoms with van der Waals surface area (Å²) in [6, 6.07) is 13.0. The highest BCUT2D eigenvalue weighted by atomic mass is 32.1. The van der Waals surface area contributed by atoms with Gasteiger partial charge in [-0.25, -0.2) is 9.38 Å². The van der Waals surface area contributed by atoms with Gasteiger partial charge in [-0.3, -0.25) is 0 Å². The number of nitrogens with zero attached hydrogens (tertiary/aromatic N) is 2. The maximum Gasteiger partial charge on any atom is 0.140 e. The number of hydrogen-bond acceptors (Lipinski definition) is 6. The Morgan fingerprint density at radius 2 is 1.88 bits per heavy atom. The van der Waals surface area contributed by atoms with Crippen LogP contribution in [0, 0.1) is 5.82 Å². The lowest BCUT2D eigenvalue weighted by Crippen LogP contribution is -2.46. The summed E-state index contributed by atoms with van der Waals surface area (Å²) in [4.78, 5) is 8.89. The molecule has 2 aliphatic rings. The van der Waals surface area contributed by atoms with Crippen molar-refractivity contribution in [1.29, 1.82) is 0 Å². The Morgan fingerprint density at radius 1 is 1.05 bits per heavy atom. The highest BCUT2D eigenvalue weighted by molar-refractivity contribution is 7.16. The fourth-order valence-corrected chi connectivity index (χ4v) is 6.26. The van der Waals surface area contributed by atoms with Gasteiger partial charge in [0, 0.05) is 31.1 Å². The lowest BCUT2D eigenvalue weighted by atomic mass is 10.0. The van der Waals surface area contributed by atoms with Crippen LogP contribution in [-0.2, 0) is 19.3 Å². The lowest BCUT2D eigenvalue weighted by Gasteiger charge is -2.30. The van der Waals surface area contributed by atoms with Gasteiger partial charge in [-0.15, -0.1) is 11.3 Å². The van der Waals surface area contributed by atoms with Crippen molar-refractivity contribution in [2.45, 2.75) is 59.3 Å². The second-order valence-electron chi connectivity index (χ2n) is 10.00. The van der Waals surface area contributed by atoms with E-state index >= 15 is 0 Å². The summed E-state index contributed by atoms with van der Waals surface area (Å²) in [6.07, 6.45) is 11.0. The number of thiophene rings is 1. The topological polar surface area (TPSA) is 48.9 Å². The molecule has 7 heteroatoms. The van der Waals surface area contributed by atoms with Crippen LogP contribution in [0.5, 0.6) is 5.75 Å². The maximum absolute atomic E-state index is 14.0. The molecule has 3 heterocycles. The van der Waals surface area contributed by atoms with E-state index in [0.717, 1.165) is 92.7 Å². The number of unbranched alkanes of at least 4 members (excludes halogenated alkanes) is 1. The zero-order chi connectivity index (χ0) is 28.3. The van der Waals surface area contributed by atoms with Gasteiger partial charge in [0.1, 0.15) is 22.4 Å². The molecule has 3 aromatic rings. The number of amidine groups is 1. The van der Waals surface area contributed by atoms with E-state index in [0.29, 0.717) is 0 Å². The standard InChI is InChI=1S/C24H31FN4S.C9H12O/c1-3-5-6-7-8-9-18-21(4-2)30-24-22(18)23(29-14-12-26-13-15-29)27-19-11-10-17(25)16-20(19)28-24;1-3-8-5-4-6-9(7-8)10-2/h5-6,10-11,16,26,28H,3-4,7-9,12-15H2,1-2H3;4-7H,3H2,1-2H3/b6-5-;. The van der Waals surface area contributed by atoms with Crippen molar-refractivity contribution in [2.24, 2.45) is 4.99 Å². The average molecular weight is 563 g/mol. The molecule has 0 aliphatic carbocycles. The predicted molar refractivity (Wildman–Crippen MR) is 169 cm³/mol. The molecule has 5 nitrogen and oxygen atoms in total. The van der Waals surface area contributed by atoms with Crippen LogP contribution < -0.4 is 15.4 Å². The second-order valence-corrected chi connectivity index (χ2v) is 11.1. The molecular weight excluding hydrogens is 519 g/mol. The van der Waals surface area contributed by atoms with Crippen molar-refractivity contribution in [3.05, 3.63) is 82.0 Å². The van der Waals surface area contributed by atoms with Gasteiger partial charge in [-0.05, 0) is 80.0 Å². The van der Waals surface area contributed by atoms with Crippen molar-refractivity contribution >= 4 is 33.5 Å². The number of halogens is 1. The van der Waals surface area contributed by atoms with Crippen molar-refractivity contribution in [1.82, 2.24) is 10.2 Å². The molecule has 1 aromatic heterocycles. The summed E-state index contributed by atoms with van der Waals surface area (Å²) in [7, 11) is 1.69. The van der Waals surface area contributed by atoms with Crippen LogP contribution in [0.1, 0.15) is 61.6 Å². The summed E-state index contributed by atoms with van der Waals surface area (Å²) in [6.45, 7) is 10.3. The van der Waals surface area contributed by atoms with Gasteiger partial charge in [0.25, 0.3) is 0 Å². The molecule has 0 spiro atoms. The number of anilines is 2. The third-order valence-electron chi connectivity index (χ3n) is 7.23. The minimum atomic E-state index is -0.237. The number of aliphatic imine (C=N–C) groups is 1. The molecule has 2 N–H and O–H groups in total. The van der Waals surface area contributed by atoms with Crippen molar-refractivity contribution in [3.8, 4) is 5.75 Å².